The maximum atomic E-state index is 12.7. The molecule has 3 rings (SSSR count). The van der Waals surface area contributed by atoms with Gasteiger partial charge in [-0.1, -0.05) is 17.8 Å². The van der Waals surface area contributed by atoms with E-state index >= 15 is 0 Å². The molecule has 3 aromatic heterocycles. The highest BCUT2D eigenvalue weighted by Crippen LogP contribution is 2.30. The van der Waals surface area contributed by atoms with Crippen LogP contribution in [0.25, 0.3) is 5.65 Å². The van der Waals surface area contributed by atoms with Gasteiger partial charge in [-0.3, -0.25) is 9.38 Å². The number of alkyl halides is 3. The molecule has 0 aromatic carbocycles. The molecule has 3 heterocycles. The summed E-state index contributed by atoms with van der Waals surface area (Å²) in [6.07, 6.45) is -0.00172. The lowest BCUT2D eigenvalue weighted by Gasteiger charge is -2.07. The highest BCUT2D eigenvalue weighted by Gasteiger charge is 2.31. The summed E-state index contributed by atoms with van der Waals surface area (Å²) in [6.45, 7) is 0. The molecular weight excluding hydrogens is 301 g/mol. The van der Waals surface area contributed by atoms with Gasteiger partial charge < -0.3 is 0 Å². The average Bonchev–Trinajstić information content (AvgIpc) is 2.87. The summed E-state index contributed by atoms with van der Waals surface area (Å²) in [7, 11) is 0. The van der Waals surface area contributed by atoms with Crippen LogP contribution in [0, 0.1) is 0 Å². The van der Waals surface area contributed by atoms with E-state index in [1.54, 1.807) is 18.5 Å². The minimum absolute atomic E-state index is 0.386. The number of pyridine rings is 2. The van der Waals surface area contributed by atoms with Gasteiger partial charge in [-0.15, -0.1) is 10.2 Å². The average molecular weight is 310 g/mol. The van der Waals surface area contributed by atoms with E-state index in [2.05, 4.69) is 15.2 Å². The molecule has 0 atom stereocenters. The van der Waals surface area contributed by atoms with Gasteiger partial charge in [0.1, 0.15) is 0 Å². The Kier molecular flexibility index (Phi) is 3.54. The number of hydrogen-bond acceptors (Lipinski definition) is 4. The Morgan fingerprint density at radius 1 is 1.14 bits per heavy atom. The lowest BCUT2D eigenvalue weighted by atomic mass is 10.3. The SMILES string of the molecule is FC(F)(F)c1ccc2nnc(SCc3cccnc3)n2c1. The van der Waals surface area contributed by atoms with E-state index in [-0.39, 0.29) is 0 Å². The van der Waals surface area contributed by atoms with Crippen molar-refractivity contribution in [1.82, 2.24) is 19.6 Å². The van der Waals surface area contributed by atoms with Crippen molar-refractivity contribution < 1.29 is 13.2 Å². The fourth-order valence-electron chi connectivity index (χ4n) is 1.77. The molecule has 0 saturated heterocycles. The Morgan fingerprint density at radius 2 is 2.00 bits per heavy atom. The van der Waals surface area contributed by atoms with Crippen molar-refractivity contribution in [3.8, 4) is 0 Å². The van der Waals surface area contributed by atoms with Crippen LogP contribution in [-0.2, 0) is 11.9 Å². The van der Waals surface area contributed by atoms with Crippen LogP contribution >= 0.6 is 11.8 Å². The zero-order chi connectivity index (χ0) is 14.9. The minimum atomic E-state index is -4.39. The summed E-state index contributed by atoms with van der Waals surface area (Å²) in [5, 5.41) is 8.20. The number of aromatic nitrogens is 4. The molecule has 0 bridgehead atoms. The van der Waals surface area contributed by atoms with Gasteiger partial charge in [-0.25, -0.2) is 0 Å². The third kappa shape index (κ3) is 2.99. The molecule has 0 aliphatic rings. The second kappa shape index (κ2) is 5.36. The Morgan fingerprint density at radius 3 is 2.71 bits per heavy atom. The van der Waals surface area contributed by atoms with Crippen molar-refractivity contribution in [2.45, 2.75) is 17.1 Å². The zero-order valence-electron chi connectivity index (χ0n) is 10.6. The monoisotopic (exact) mass is 310 g/mol. The number of halogens is 3. The third-order valence-corrected chi connectivity index (χ3v) is 3.80. The molecular formula is C13H9F3N4S. The molecule has 0 radical (unpaired) electrons. The molecule has 0 aliphatic carbocycles. The van der Waals surface area contributed by atoms with Gasteiger partial charge in [-0.2, -0.15) is 13.2 Å². The first-order chi connectivity index (χ1) is 10.0. The fourth-order valence-corrected chi connectivity index (χ4v) is 2.62. The molecule has 21 heavy (non-hydrogen) atoms. The zero-order valence-corrected chi connectivity index (χ0v) is 11.4. The molecule has 0 spiro atoms. The number of rotatable bonds is 3. The van der Waals surface area contributed by atoms with Gasteiger partial charge in [-0.05, 0) is 23.8 Å². The molecule has 8 heteroatoms. The predicted molar refractivity (Wildman–Crippen MR) is 71.8 cm³/mol. The summed E-state index contributed by atoms with van der Waals surface area (Å²) in [5.74, 6) is 0.560. The predicted octanol–water partition coefficient (Wildman–Crippen LogP) is 3.44. The van der Waals surface area contributed by atoms with Crippen LogP contribution < -0.4 is 0 Å². The first kappa shape index (κ1) is 13.9. The van der Waals surface area contributed by atoms with Crippen LogP contribution in [0.2, 0.25) is 0 Å². The summed E-state index contributed by atoms with van der Waals surface area (Å²) < 4.78 is 39.6. The van der Waals surface area contributed by atoms with Crippen molar-refractivity contribution in [3.63, 3.8) is 0 Å². The Hall–Kier alpha value is -2.09. The lowest BCUT2D eigenvalue weighted by molar-refractivity contribution is -0.137. The van der Waals surface area contributed by atoms with Crippen LogP contribution in [0.15, 0.2) is 48.0 Å². The second-order valence-electron chi connectivity index (χ2n) is 4.28. The van der Waals surface area contributed by atoms with Crippen LogP contribution in [0.1, 0.15) is 11.1 Å². The van der Waals surface area contributed by atoms with E-state index in [0.717, 1.165) is 17.8 Å². The summed E-state index contributed by atoms with van der Waals surface area (Å²) >= 11 is 1.31. The fraction of sp³-hybridized carbons (Fsp3) is 0.154. The number of nitrogens with zero attached hydrogens (tertiary/aromatic N) is 4. The van der Waals surface area contributed by atoms with Crippen molar-refractivity contribution in [1.29, 1.82) is 0 Å². The first-order valence-electron chi connectivity index (χ1n) is 5.98. The van der Waals surface area contributed by atoms with Gasteiger partial charge in [0, 0.05) is 24.3 Å². The topological polar surface area (TPSA) is 43.1 Å². The highest BCUT2D eigenvalue weighted by atomic mass is 32.2. The molecule has 0 fully saturated rings. The first-order valence-corrected chi connectivity index (χ1v) is 6.96. The second-order valence-corrected chi connectivity index (χ2v) is 5.22. The molecule has 4 nitrogen and oxygen atoms in total. The van der Waals surface area contributed by atoms with Crippen LogP contribution in [0.5, 0.6) is 0 Å². The van der Waals surface area contributed by atoms with E-state index in [0.29, 0.717) is 16.6 Å². The number of fused-ring (bicyclic) bond motifs is 1. The molecule has 0 saturated carbocycles. The Labute approximate surface area is 122 Å². The third-order valence-electron chi connectivity index (χ3n) is 2.79. The van der Waals surface area contributed by atoms with Crippen LogP contribution in [0.3, 0.4) is 0 Å². The number of thioether (sulfide) groups is 1. The lowest BCUT2D eigenvalue weighted by Crippen LogP contribution is -2.06. The van der Waals surface area contributed by atoms with Crippen LogP contribution in [-0.4, -0.2) is 19.6 Å². The van der Waals surface area contributed by atoms with Gasteiger partial charge in [0.25, 0.3) is 0 Å². The summed E-state index contributed by atoms with van der Waals surface area (Å²) in [4.78, 5) is 3.99. The smallest absolute Gasteiger partial charge is 0.277 e. The van der Waals surface area contributed by atoms with Crippen molar-refractivity contribution >= 4 is 17.4 Å². The summed E-state index contributed by atoms with van der Waals surface area (Å²) in [6, 6.07) is 6.01. The van der Waals surface area contributed by atoms with Gasteiger partial charge in [0.15, 0.2) is 10.8 Å². The maximum Gasteiger partial charge on any atom is 0.417 e. The Bertz CT molecular complexity index is 755. The van der Waals surface area contributed by atoms with E-state index in [4.69, 9.17) is 0 Å². The largest absolute Gasteiger partial charge is 0.417 e. The molecule has 3 aromatic rings. The van der Waals surface area contributed by atoms with E-state index in [9.17, 15) is 13.2 Å². The molecule has 0 amide bonds. The van der Waals surface area contributed by atoms with Gasteiger partial charge in [0.05, 0.1) is 5.56 Å². The van der Waals surface area contributed by atoms with E-state index in [1.807, 2.05) is 6.07 Å². The van der Waals surface area contributed by atoms with E-state index < -0.39 is 11.7 Å². The molecule has 0 N–H and O–H groups in total. The highest BCUT2D eigenvalue weighted by molar-refractivity contribution is 7.98. The van der Waals surface area contributed by atoms with E-state index in [1.165, 1.54) is 22.2 Å². The number of hydrogen-bond donors (Lipinski definition) is 0. The van der Waals surface area contributed by atoms with Crippen molar-refractivity contribution in [2.24, 2.45) is 0 Å². The molecule has 0 unspecified atom stereocenters. The standard InChI is InChI=1S/C13H9F3N4S/c14-13(15,16)10-3-4-11-18-19-12(20(11)7-10)21-8-9-2-1-5-17-6-9/h1-7H,8H2. The Balaban J connectivity index is 1.88. The van der Waals surface area contributed by atoms with Crippen molar-refractivity contribution in [3.05, 3.63) is 54.0 Å². The maximum absolute atomic E-state index is 12.7. The van der Waals surface area contributed by atoms with Crippen molar-refractivity contribution in [2.75, 3.05) is 0 Å². The quantitative estimate of drug-likeness (QED) is 0.695. The van der Waals surface area contributed by atoms with Gasteiger partial charge >= 0.3 is 6.18 Å². The molecule has 0 aliphatic heterocycles. The summed E-state index contributed by atoms with van der Waals surface area (Å²) in [5.41, 5.74) is 0.626. The van der Waals surface area contributed by atoms with Gasteiger partial charge in [0.2, 0.25) is 0 Å². The molecule has 108 valence electrons. The normalized spacial score (nSPS) is 12.0. The van der Waals surface area contributed by atoms with Crippen LogP contribution in [0.4, 0.5) is 13.2 Å². The minimum Gasteiger partial charge on any atom is -0.277 e.